The van der Waals surface area contributed by atoms with Crippen LogP contribution in [0.3, 0.4) is 0 Å². The standard InChI is InChI=1S/C9H17NO4.ClH/c1-13-8(12)9(10-4-5-11)2-6-14-7-3-9;/h10-11H,2-7H2,1H3;1H. The van der Waals surface area contributed by atoms with Crippen molar-refractivity contribution in [3.63, 3.8) is 0 Å². The van der Waals surface area contributed by atoms with Crippen LogP contribution in [-0.2, 0) is 14.3 Å². The number of aliphatic hydroxyl groups is 1. The molecule has 1 heterocycles. The Balaban J connectivity index is 0.00000196. The highest BCUT2D eigenvalue weighted by Gasteiger charge is 2.40. The Labute approximate surface area is 95.5 Å². The van der Waals surface area contributed by atoms with Gasteiger partial charge < -0.3 is 14.6 Å². The normalized spacial score (nSPS) is 19.1. The van der Waals surface area contributed by atoms with E-state index in [-0.39, 0.29) is 25.0 Å². The van der Waals surface area contributed by atoms with Crippen LogP contribution in [0.4, 0.5) is 0 Å². The summed E-state index contributed by atoms with van der Waals surface area (Å²) in [5.74, 6) is -0.269. The first-order valence-electron chi connectivity index (χ1n) is 4.77. The average Bonchev–Trinajstić information content (AvgIpc) is 2.26. The number of carbonyl (C=O) groups is 1. The van der Waals surface area contributed by atoms with E-state index in [1.165, 1.54) is 7.11 Å². The van der Waals surface area contributed by atoms with Crippen molar-refractivity contribution in [2.75, 3.05) is 33.5 Å². The van der Waals surface area contributed by atoms with Gasteiger partial charge in [0.1, 0.15) is 5.54 Å². The van der Waals surface area contributed by atoms with Gasteiger partial charge in [-0.15, -0.1) is 12.4 Å². The molecule has 0 aliphatic carbocycles. The van der Waals surface area contributed by atoms with E-state index >= 15 is 0 Å². The van der Waals surface area contributed by atoms with Crippen LogP contribution in [-0.4, -0.2) is 50.1 Å². The predicted octanol–water partition coefficient (Wildman–Crippen LogP) is -0.288. The number of aliphatic hydroxyl groups excluding tert-OH is 1. The first kappa shape index (κ1) is 14.6. The fourth-order valence-corrected chi connectivity index (χ4v) is 1.66. The number of ether oxygens (including phenoxy) is 2. The van der Waals surface area contributed by atoms with Crippen molar-refractivity contribution in [1.82, 2.24) is 5.32 Å². The Kier molecular flexibility index (Phi) is 6.84. The summed E-state index contributed by atoms with van der Waals surface area (Å²) in [6.45, 7) is 1.51. The van der Waals surface area contributed by atoms with Crippen LogP contribution in [0.15, 0.2) is 0 Å². The van der Waals surface area contributed by atoms with E-state index in [9.17, 15) is 4.79 Å². The summed E-state index contributed by atoms with van der Waals surface area (Å²) >= 11 is 0. The van der Waals surface area contributed by atoms with Gasteiger partial charge in [-0.25, -0.2) is 0 Å². The molecule has 0 radical (unpaired) electrons. The van der Waals surface area contributed by atoms with E-state index in [0.717, 1.165) is 0 Å². The fourth-order valence-electron chi connectivity index (χ4n) is 1.66. The van der Waals surface area contributed by atoms with Gasteiger partial charge in [-0.3, -0.25) is 10.1 Å². The highest BCUT2D eigenvalue weighted by molar-refractivity contribution is 5.85. The molecule has 0 unspecified atom stereocenters. The molecule has 0 saturated carbocycles. The zero-order valence-electron chi connectivity index (χ0n) is 8.82. The molecule has 1 rings (SSSR count). The second-order valence-corrected chi connectivity index (χ2v) is 3.34. The molecule has 0 bridgehead atoms. The molecule has 15 heavy (non-hydrogen) atoms. The van der Waals surface area contributed by atoms with Gasteiger partial charge in [0.25, 0.3) is 0 Å². The van der Waals surface area contributed by atoms with Gasteiger partial charge in [0, 0.05) is 19.8 Å². The van der Waals surface area contributed by atoms with E-state index in [1.54, 1.807) is 0 Å². The number of esters is 1. The molecule has 1 fully saturated rings. The van der Waals surface area contributed by atoms with Crippen LogP contribution < -0.4 is 5.32 Å². The van der Waals surface area contributed by atoms with Crippen molar-refractivity contribution < 1.29 is 19.4 Å². The van der Waals surface area contributed by atoms with Crippen molar-refractivity contribution in [2.24, 2.45) is 0 Å². The largest absolute Gasteiger partial charge is 0.468 e. The molecule has 1 aliphatic rings. The highest BCUT2D eigenvalue weighted by Crippen LogP contribution is 2.21. The van der Waals surface area contributed by atoms with Crippen LogP contribution in [0, 0.1) is 0 Å². The van der Waals surface area contributed by atoms with Gasteiger partial charge in [-0.2, -0.15) is 0 Å². The fraction of sp³-hybridized carbons (Fsp3) is 0.889. The molecule has 90 valence electrons. The van der Waals surface area contributed by atoms with E-state index in [0.29, 0.717) is 32.6 Å². The van der Waals surface area contributed by atoms with Crippen LogP contribution in [0.1, 0.15) is 12.8 Å². The maximum Gasteiger partial charge on any atom is 0.326 e. The number of nitrogens with one attached hydrogen (secondary N) is 1. The lowest BCUT2D eigenvalue weighted by molar-refractivity contribution is -0.153. The molecule has 0 spiro atoms. The van der Waals surface area contributed by atoms with Crippen molar-refractivity contribution in [2.45, 2.75) is 18.4 Å². The Bertz CT molecular complexity index is 195. The number of carbonyl (C=O) groups excluding carboxylic acids is 1. The zero-order valence-corrected chi connectivity index (χ0v) is 9.64. The number of hydrogen-bond acceptors (Lipinski definition) is 5. The minimum absolute atomic E-state index is 0. The maximum atomic E-state index is 11.6. The van der Waals surface area contributed by atoms with Crippen LogP contribution in [0.5, 0.6) is 0 Å². The van der Waals surface area contributed by atoms with E-state index in [4.69, 9.17) is 14.6 Å². The minimum Gasteiger partial charge on any atom is -0.468 e. The molecular weight excluding hydrogens is 222 g/mol. The van der Waals surface area contributed by atoms with Crippen molar-refractivity contribution >= 4 is 18.4 Å². The van der Waals surface area contributed by atoms with Gasteiger partial charge in [-0.05, 0) is 12.8 Å². The summed E-state index contributed by atoms with van der Waals surface area (Å²) in [6.07, 6.45) is 1.19. The summed E-state index contributed by atoms with van der Waals surface area (Å²) in [5.41, 5.74) is -0.657. The van der Waals surface area contributed by atoms with Crippen molar-refractivity contribution in [3.8, 4) is 0 Å². The van der Waals surface area contributed by atoms with Crippen molar-refractivity contribution in [1.29, 1.82) is 0 Å². The Hall–Kier alpha value is -0.360. The van der Waals surface area contributed by atoms with Crippen LogP contribution in [0.25, 0.3) is 0 Å². The molecular formula is C9H18ClNO4. The Morgan fingerprint density at radius 1 is 1.53 bits per heavy atom. The lowest BCUT2D eigenvalue weighted by Gasteiger charge is -2.35. The lowest BCUT2D eigenvalue weighted by Crippen LogP contribution is -2.56. The molecule has 6 heteroatoms. The molecule has 0 atom stereocenters. The van der Waals surface area contributed by atoms with Gasteiger partial charge in [-0.1, -0.05) is 0 Å². The maximum absolute atomic E-state index is 11.6. The van der Waals surface area contributed by atoms with E-state index in [2.05, 4.69) is 5.32 Å². The number of halogens is 1. The summed E-state index contributed by atoms with van der Waals surface area (Å²) in [4.78, 5) is 11.6. The minimum atomic E-state index is -0.657. The topological polar surface area (TPSA) is 67.8 Å². The Morgan fingerprint density at radius 2 is 2.13 bits per heavy atom. The monoisotopic (exact) mass is 239 g/mol. The van der Waals surface area contributed by atoms with E-state index < -0.39 is 5.54 Å². The molecule has 0 aromatic rings. The second-order valence-electron chi connectivity index (χ2n) is 3.34. The SMILES string of the molecule is COC(=O)C1(NCCO)CCOCC1.Cl. The predicted molar refractivity (Wildman–Crippen MR) is 57.1 cm³/mol. The Morgan fingerprint density at radius 3 is 2.60 bits per heavy atom. The number of β-amino-alcohol motifs (C(OH)–C–C–N with tert-alkyl or cyclic N) is 1. The third kappa shape index (κ3) is 3.61. The summed E-state index contributed by atoms with van der Waals surface area (Å²) in [5, 5.41) is 11.8. The van der Waals surface area contributed by atoms with Crippen LogP contribution >= 0.6 is 12.4 Å². The van der Waals surface area contributed by atoms with Gasteiger partial charge in [0.2, 0.25) is 0 Å². The second kappa shape index (κ2) is 7.00. The average molecular weight is 240 g/mol. The summed E-state index contributed by atoms with van der Waals surface area (Å²) in [6, 6.07) is 0. The number of rotatable bonds is 4. The van der Waals surface area contributed by atoms with Crippen LogP contribution in [0.2, 0.25) is 0 Å². The van der Waals surface area contributed by atoms with Gasteiger partial charge >= 0.3 is 5.97 Å². The number of methoxy groups -OCH3 is 1. The van der Waals surface area contributed by atoms with Gasteiger partial charge in [0.15, 0.2) is 0 Å². The molecule has 1 saturated heterocycles. The zero-order chi connectivity index (χ0) is 10.4. The number of hydrogen-bond donors (Lipinski definition) is 2. The molecule has 5 nitrogen and oxygen atoms in total. The molecule has 1 aliphatic heterocycles. The first-order valence-corrected chi connectivity index (χ1v) is 4.77. The molecule has 0 aromatic carbocycles. The van der Waals surface area contributed by atoms with Gasteiger partial charge in [0.05, 0.1) is 13.7 Å². The first-order chi connectivity index (χ1) is 6.75. The summed E-state index contributed by atoms with van der Waals surface area (Å²) < 4.78 is 9.94. The summed E-state index contributed by atoms with van der Waals surface area (Å²) in [7, 11) is 1.38. The lowest BCUT2D eigenvalue weighted by atomic mass is 9.90. The van der Waals surface area contributed by atoms with E-state index in [1.807, 2.05) is 0 Å². The molecule has 0 aromatic heterocycles. The highest BCUT2D eigenvalue weighted by atomic mass is 35.5. The third-order valence-electron chi connectivity index (χ3n) is 2.50. The van der Waals surface area contributed by atoms with Crippen molar-refractivity contribution in [3.05, 3.63) is 0 Å². The quantitative estimate of drug-likeness (QED) is 0.660. The third-order valence-corrected chi connectivity index (χ3v) is 2.50. The molecule has 2 N–H and O–H groups in total. The smallest absolute Gasteiger partial charge is 0.326 e. The molecule has 0 amide bonds.